The summed E-state index contributed by atoms with van der Waals surface area (Å²) in [5.74, 6) is 0. The van der Waals surface area contributed by atoms with E-state index >= 15 is 0 Å². The monoisotopic (exact) mass is 361 g/mol. The lowest BCUT2D eigenvalue weighted by molar-refractivity contribution is 0.400. The average Bonchev–Trinajstić information content (AvgIpc) is 3.26. The summed E-state index contributed by atoms with van der Waals surface area (Å²) in [5.41, 5.74) is 6.64. The second-order valence-corrected chi connectivity index (χ2v) is 5.53. The van der Waals surface area contributed by atoms with E-state index in [1.165, 1.54) is 0 Å². The number of nitrogens with two attached hydrogens (primary N) is 1. The van der Waals surface area contributed by atoms with Gasteiger partial charge in [-0.25, -0.2) is 4.79 Å². The maximum atomic E-state index is 12.7. The van der Waals surface area contributed by atoms with Crippen LogP contribution >= 0.6 is 0 Å². The Kier molecular flexibility index (Phi) is 5.03. The van der Waals surface area contributed by atoms with Crippen molar-refractivity contribution in [1.29, 1.82) is 0 Å². The molecule has 0 unspecified atom stereocenters. The predicted molar refractivity (Wildman–Crippen MR) is 90.8 cm³/mol. The van der Waals surface area contributed by atoms with Crippen LogP contribution in [0.4, 0.5) is 8.78 Å². The molecule has 8 nitrogen and oxygen atoms in total. The molecule has 0 radical (unpaired) electrons. The van der Waals surface area contributed by atoms with Crippen LogP contribution in [0.5, 0.6) is 0 Å². The smallest absolute Gasteiger partial charge is 0.327 e. The van der Waals surface area contributed by atoms with E-state index in [1.807, 2.05) is 29.9 Å². The number of halogens is 2. The number of rotatable bonds is 6. The van der Waals surface area contributed by atoms with Gasteiger partial charge in [0.2, 0.25) is 0 Å². The average molecular weight is 361 g/mol. The van der Waals surface area contributed by atoms with Crippen LogP contribution in [-0.4, -0.2) is 36.1 Å². The normalized spacial score (nSPS) is 10.9. The first-order valence-corrected chi connectivity index (χ1v) is 7.92. The van der Waals surface area contributed by atoms with Crippen molar-refractivity contribution in [2.24, 2.45) is 5.73 Å². The fraction of sp³-hybridized carbons (Fsp3) is 0.250. The van der Waals surface area contributed by atoms with Crippen LogP contribution in [0.25, 0.3) is 16.8 Å². The Bertz CT molecular complexity index is 981. The molecule has 3 rings (SSSR count). The van der Waals surface area contributed by atoms with E-state index in [2.05, 4.69) is 15.5 Å². The van der Waals surface area contributed by atoms with Gasteiger partial charge in [0.15, 0.2) is 0 Å². The lowest BCUT2D eigenvalue weighted by atomic mass is 10.1. The van der Waals surface area contributed by atoms with Crippen LogP contribution in [-0.2, 0) is 13.1 Å². The van der Waals surface area contributed by atoms with Crippen molar-refractivity contribution in [2.45, 2.75) is 20.0 Å². The summed E-state index contributed by atoms with van der Waals surface area (Å²) >= 11 is 0. The molecule has 136 valence electrons. The predicted octanol–water partition coefficient (Wildman–Crippen LogP) is 1.42. The molecule has 0 atom stereocenters. The van der Waals surface area contributed by atoms with Crippen molar-refractivity contribution in [1.82, 2.24) is 29.6 Å². The van der Waals surface area contributed by atoms with Crippen LogP contribution in [0.1, 0.15) is 6.92 Å². The molecular weight excluding hydrogens is 344 g/mol. The van der Waals surface area contributed by atoms with Crippen LogP contribution < -0.4 is 11.4 Å². The molecule has 1 aromatic carbocycles. The molecule has 0 aliphatic heterocycles. The second-order valence-electron chi connectivity index (χ2n) is 5.53. The van der Waals surface area contributed by atoms with Gasteiger partial charge in [-0.3, -0.25) is 4.68 Å². The Labute approximate surface area is 147 Å². The summed E-state index contributed by atoms with van der Waals surface area (Å²) in [6, 6.07) is 7.05. The molecule has 2 aromatic heterocycles. The summed E-state index contributed by atoms with van der Waals surface area (Å²) in [6.07, 6.45) is 1.77. The first-order chi connectivity index (χ1) is 12.5. The topological polar surface area (TPSA) is 96.5 Å². The molecule has 0 aliphatic carbocycles. The van der Waals surface area contributed by atoms with Gasteiger partial charge in [-0.1, -0.05) is 12.1 Å². The molecule has 0 aliphatic rings. The van der Waals surface area contributed by atoms with E-state index < -0.39 is 18.3 Å². The number of aromatic nitrogens is 6. The summed E-state index contributed by atoms with van der Waals surface area (Å²) in [6.45, 7) is 2.01. The fourth-order valence-corrected chi connectivity index (χ4v) is 2.40. The summed E-state index contributed by atoms with van der Waals surface area (Å²) in [7, 11) is 0. The zero-order chi connectivity index (χ0) is 18.7. The highest BCUT2D eigenvalue weighted by atomic mass is 19.3. The molecule has 0 amide bonds. The van der Waals surface area contributed by atoms with E-state index in [0.29, 0.717) is 5.69 Å². The third-order valence-corrected chi connectivity index (χ3v) is 3.90. The zero-order valence-electron chi connectivity index (χ0n) is 14.0. The Morgan fingerprint density at radius 2 is 1.88 bits per heavy atom. The molecule has 0 spiro atoms. The largest absolute Gasteiger partial charge is 0.368 e. The molecule has 0 fully saturated rings. The number of nitrogens with zero attached hydrogens (tertiary/aromatic N) is 6. The van der Waals surface area contributed by atoms with Gasteiger partial charge in [-0.2, -0.15) is 23.2 Å². The molecule has 0 saturated carbocycles. The van der Waals surface area contributed by atoms with Gasteiger partial charge in [-0.05, 0) is 35.0 Å². The second kappa shape index (κ2) is 7.40. The Morgan fingerprint density at radius 3 is 2.46 bits per heavy atom. The van der Waals surface area contributed by atoms with Gasteiger partial charge in [0, 0.05) is 30.4 Å². The molecule has 2 heterocycles. The third-order valence-electron chi connectivity index (χ3n) is 3.90. The van der Waals surface area contributed by atoms with Gasteiger partial charge in [-0.15, -0.1) is 0 Å². The van der Waals surface area contributed by atoms with E-state index in [9.17, 15) is 13.6 Å². The first-order valence-electron chi connectivity index (χ1n) is 7.92. The highest BCUT2D eigenvalue weighted by Gasteiger charge is 2.13. The zero-order valence-corrected chi connectivity index (χ0v) is 14.0. The van der Waals surface area contributed by atoms with Crippen molar-refractivity contribution in [2.75, 3.05) is 6.54 Å². The molecule has 3 aromatic rings. The highest BCUT2D eigenvalue weighted by molar-refractivity contribution is 5.63. The lowest BCUT2D eigenvalue weighted by Crippen LogP contribution is -2.26. The SMILES string of the molecule is CCn1cc(-c2ccc(-n3nnn(CC(CN)=C(F)F)c3=O)cc2)cn1. The molecule has 26 heavy (non-hydrogen) atoms. The van der Waals surface area contributed by atoms with Crippen molar-refractivity contribution in [3.63, 3.8) is 0 Å². The molecule has 10 heteroatoms. The van der Waals surface area contributed by atoms with Crippen molar-refractivity contribution in [3.8, 4) is 16.8 Å². The number of aryl methyl sites for hydroxylation is 1. The Morgan fingerprint density at radius 1 is 1.15 bits per heavy atom. The van der Waals surface area contributed by atoms with Gasteiger partial charge in [0.25, 0.3) is 6.08 Å². The minimum absolute atomic E-state index is 0.359. The van der Waals surface area contributed by atoms with E-state index in [4.69, 9.17) is 5.73 Å². The maximum Gasteiger partial charge on any atom is 0.368 e. The summed E-state index contributed by atoms with van der Waals surface area (Å²) in [4.78, 5) is 12.3. The minimum atomic E-state index is -1.91. The number of hydrogen-bond donors (Lipinski definition) is 1. The quantitative estimate of drug-likeness (QED) is 0.716. The molecule has 0 bridgehead atoms. The summed E-state index contributed by atoms with van der Waals surface area (Å²) in [5, 5.41) is 11.6. The summed E-state index contributed by atoms with van der Waals surface area (Å²) < 4.78 is 29.1. The maximum absolute atomic E-state index is 12.7. The highest BCUT2D eigenvalue weighted by Crippen LogP contribution is 2.19. The standard InChI is InChI=1S/C16H17F2N7O/c1-2-23-9-13(8-20-23)11-3-5-14(6-4-11)25-16(26)24(21-22-25)10-12(7-19)15(17)18/h3-6,8-9H,2,7,10,19H2,1H3. The van der Waals surface area contributed by atoms with Crippen LogP contribution in [0.3, 0.4) is 0 Å². The van der Waals surface area contributed by atoms with E-state index in [0.717, 1.165) is 27.0 Å². The van der Waals surface area contributed by atoms with Crippen LogP contribution in [0, 0.1) is 0 Å². The number of benzene rings is 1. The van der Waals surface area contributed by atoms with Crippen molar-refractivity contribution < 1.29 is 8.78 Å². The molecular formula is C16H17F2N7O. The van der Waals surface area contributed by atoms with Gasteiger partial charge < -0.3 is 5.73 Å². The van der Waals surface area contributed by atoms with Crippen molar-refractivity contribution in [3.05, 3.63) is 58.8 Å². The minimum Gasteiger partial charge on any atom is -0.327 e. The molecule has 0 saturated heterocycles. The Balaban J connectivity index is 1.86. The first kappa shape index (κ1) is 17.7. The fourth-order valence-electron chi connectivity index (χ4n) is 2.40. The number of hydrogen-bond acceptors (Lipinski definition) is 5. The third kappa shape index (κ3) is 3.45. The number of tetrazole rings is 1. The molecule has 2 N–H and O–H groups in total. The van der Waals surface area contributed by atoms with Gasteiger partial charge in [0.05, 0.1) is 18.4 Å². The lowest BCUT2D eigenvalue weighted by Gasteiger charge is -2.02. The van der Waals surface area contributed by atoms with Gasteiger partial charge >= 0.3 is 5.69 Å². The Hall–Kier alpha value is -3.14. The van der Waals surface area contributed by atoms with Crippen LogP contribution in [0.2, 0.25) is 0 Å². The van der Waals surface area contributed by atoms with E-state index in [1.54, 1.807) is 18.3 Å². The van der Waals surface area contributed by atoms with Crippen LogP contribution in [0.15, 0.2) is 53.1 Å². The van der Waals surface area contributed by atoms with E-state index in [-0.39, 0.29) is 12.1 Å². The van der Waals surface area contributed by atoms with Gasteiger partial charge in [0.1, 0.15) is 0 Å². The van der Waals surface area contributed by atoms with Crippen molar-refractivity contribution >= 4 is 0 Å².